The number of methoxy groups -OCH3 is 2. The molecule has 0 aromatic heterocycles. The molecule has 0 aliphatic rings. The maximum atomic E-state index is 13.1. The number of carbonyl (C=O) groups excluding carboxylic acids is 1. The molecule has 0 saturated heterocycles. The first-order chi connectivity index (χ1) is 11.5. The molecule has 5 nitrogen and oxygen atoms in total. The molecule has 128 valence electrons. The lowest BCUT2D eigenvalue weighted by Crippen LogP contribution is -2.30. The highest BCUT2D eigenvalue weighted by Gasteiger charge is 2.10. The Balaban J connectivity index is 1.90. The minimum absolute atomic E-state index is 0.0473. The fourth-order valence-electron chi connectivity index (χ4n) is 2.21. The second-order valence-corrected chi connectivity index (χ2v) is 5.32. The van der Waals surface area contributed by atoms with Gasteiger partial charge in [0.05, 0.1) is 19.2 Å². The van der Waals surface area contributed by atoms with Crippen molar-refractivity contribution in [2.75, 3.05) is 26.1 Å². The molecule has 2 rings (SSSR count). The van der Waals surface area contributed by atoms with Gasteiger partial charge in [0, 0.05) is 12.2 Å². The highest BCUT2D eigenvalue weighted by molar-refractivity contribution is 6.31. The van der Waals surface area contributed by atoms with Gasteiger partial charge in [0.25, 0.3) is 0 Å². The standard InChI is InChI=1S/C17H18ClFN2O3/c1-23-15-5-3-4-11(16(15)24-2)8-9-20-17(22)21-12-6-7-14(19)13(18)10-12/h3-7,10H,8-9H2,1-2H3,(H2,20,21,22). The van der Waals surface area contributed by atoms with E-state index in [1.54, 1.807) is 20.3 Å². The number of benzene rings is 2. The van der Waals surface area contributed by atoms with Gasteiger partial charge in [-0.15, -0.1) is 0 Å². The number of hydrogen-bond acceptors (Lipinski definition) is 3. The number of urea groups is 1. The average Bonchev–Trinajstić information content (AvgIpc) is 2.57. The van der Waals surface area contributed by atoms with E-state index in [1.807, 2.05) is 12.1 Å². The van der Waals surface area contributed by atoms with Crippen molar-refractivity contribution in [2.24, 2.45) is 0 Å². The molecule has 0 aliphatic heterocycles. The highest BCUT2D eigenvalue weighted by atomic mass is 35.5. The summed E-state index contributed by atoms with van der Waals surface area (Å²) in [5.74, 6) is 0.751. The summed E-state index contributed by atoms with van der Waals surface area (Å²) in [6.07, 6.45) is 0.567. The van der Waals surface area contributed by atoms with Crippen LogP contribution in [0.2, 0.25) is 5.02 Å². The molecule has 2 aromatic carbocycles. The molecule has 24 heavy (non-hydrogen) atoms. The van der Waals surface area contributed by atoms with Gasteiger partial charge in [-0.3, -0.25) is 0 Å². The van der Waals surface area contributed by atoms with Gasteiger partial charge in [-0.2, -0.15) is 0 Å². The first-order valence-corrected chi connectivity index (χ1v) is 7.62. The quantitative estimate of drug-likeness (QED) is 0.830. The number of ether oxygens (including phenoxy) is 2. The smallest absolute Gasteiger partial charge is 0.319 e. The molecular formula is C17H18ClFN2O3. The van der Waals surface area contributed by atoms with E-state index in [9.17, 15) is 9.18 Å². The fraction of sp³-hybridized carbons (Fsp3) is 0.235. The third kappa shape index (κ3) is 4.52. The van der Waals surface area contributed by atoms with Gasteiger partial charge in [-0.1, -0.05) is 23.7 Å². The Labute approximate surface area is 144 Å². The summed E-state index contributed by atoms with van der Waals surface area (Å²) >= 11 is 5.67. The lowest BCUT2D eigenvalue weighted by atomic mass is 10.1. The van der Waals surface area contributed by atoms with Gasteiger partial charge in [0.1, 0.15) is 5.82 Å². The van der Waals surface area contributed by atoms with E-state index in [4.69, 9.17) is 21.1 Å². The summed E-state index contributed by atoms with van der Waals surface area (Å²) < 4.78 is 23.7. The summed E-state index contributed by atoms with van der Waals surface area (Å²) in [5.41, 5.74) is 1.33. The summed E-state index contributed by atoms with van der Waals surface area (Å²) in [6, 6.07) is 9.14. The third-order valence-corrected chi connectivity index (χ3v) is 3.63. The average molecular weight is 353 g/mol. The van der Waals surface area contributed by atoms with E-state index in [0.29, 0.717) is 30.2 Å². The molecule has 0 atom stereocenters. The molecule has 0 bridgehead atoms. The van der Waals surface area contributed by atoms with Crippen LogP contribution in [0.5, 0.6) is 11.5 Å². The zero-order valence-electron chi connectivity index (χ0n) is 13.4. The number of carbonyl (C=O) groups is 1. The number of anilines is 1. The van der Waals surface area contributed by atoms with E-state index in [0.717, 1.165) is 5.56 Å². The van der Waals surface area contributed by atoms with Gasteiger partial charge in [-0.25, -0.2) is 9.18 Å². The molecule has 0 unspecified atom stereocenters. The molecule has 2 N–H and O–H groups in total. The number of amides is 2. The van der Waals surface area contributed by atoms with Crippen molar-refractivity contribution in [3.8, 4) is 11.5 Å². The van der Waals surface area contributed by atoms with Gasteiger partial charge < -0.3 is 20.1 Å². The largest absolute Gasteiger partial charge is 0.493 e. The van der Waals surface area contributed by atoms with Crippen LogP contribution in [0.3, 0.4) is 0 Å². The maximum Gasteiger partial charge on any atom is 0.319 e. The molecule has 0 aliphatic carbocycles. The highest BCUT2D eigenvalue weighted by Crippen LogP contribution is 2.30. The van der Waals surface area contributed by atoms with Crippen LogP contribution in [0.4, 0.5) is 14.9 Å². The Morgan fingerprint density at radius 2 is 2.00 bits per heavy atom. The Kier molecular flexibility index (Phi) is 6.26. The van der Waals surface area contributed by atoms with Gasteiger partial charge in [-0.05, 0) is 36.2 Å². The van der Waals surface area contributed by atoms with Crippen LogP contribution in [0, 0.1) is 5.82 Å². The zero-order chi connectivity index (χ0) is 17.5. The molecule has 0 heterocycles. The summed E-state index contributed by atoms with van der Waals surface area (Å²) in [5, 5.41) is 5.26. The monoisotopic (exact) mass is 352 g/mol. The Bertz CT molecular complexity index is 725. The Morgan fingerprint density at radius 3 is 2.67 bits per heavy atom. The van der Waals surface area contributed by atoms with Gasteiger partial charge >= 0.3 is 6.03 Å². The molecule has 2 aromatic rings. The van der Waals surface area contributed by atoms with E-state index < -0.39 is 11.8 Å². The second kappa shape index (κ2) is 8.40. The number of para-hydroxylation sites is 1. The number of rotatable bonds is 6. The van der Waals surface area contributed by atoms with Crippen LogP contribution in [0.1, 0.15) is 5.56 Å². The summed E-state index contributed by atoms with van der Waals surface area (Å²) in [6.45, 7) is 0.393. The fourth-order valence-corrected chi connectivity index (χ4v) is 2.39. The first kappa shape index (κ1) is 17.9. The molecule has 0 fully saturated rings. The van der Waals surface area contributed by atoms with Crippen LogP contribution >= 0.6 is 11.6 Å². The summed E-state index contributed by atoms with van der Waals surface area (Å²) in [7, 11) is 3.14. The topological polar surface area (TPSA) is 59.6 Å². The molecule has 0 saturated carbocycles. The van der Waals surface area contributed by atoms with Crippen molar-refractivity contribution in [1.29, 1.82) is 0 Å². The molecular weight excluding hydrogens is 335 g/mol. The van der Waals surface area contributed by atoms with Crippen LogP contribution < -0.4 is 20.1 Å². The maximum absolute atomic E-state index is 13.1. The van der Waals surface area contributed by atoms with Crippen molar-refractivity contribution in [1.82, 2.24) is 5.32 Å². The normalized spacial score (nSPS) is 10.2. The van der Waals surface area contributed by atoms with Gasteiger partial charge in [0.15, 0.2) is 11.5 Å². The Morgan fingerprint density at radius 1 is 1.21 bits per heavy atom. The number of halogens is 2. The van der Waals surface area contributed by atoms with Crippen molar-refractivity contribution in [3.05, 3.63) is 52.8 Å². The molecule has 0 spiro atoms. The lowest BCUT2D eigenvalue weighted by Gasteiger charge is -2.13. The molecule has 7 heteroatoms. The Hall–Kier alpha value is -2.47. The number of hydrogen-bond donors (Lipinski definition) is 2. The van der Waals surface area contributed by atoms with Crippen LogP contribution in [-0.4, -0.2) is 26.8 Å². The van der Waals surface area contributed by atoms with Crippen molar-refractivity contribution in [3.63, 3.8) is 0 Å². The van der Waals surface area contributed by atoms with E-state index in [-0.39, 0.29) is 5.02 Å². The van der Waals surface area contributed by atoms with Crippen LogP contribution in [0.15, 0.2) is 36.4 Å². The third-order valence-electron chi connectivity index (χ3n) is 3.34. The lowest BCUT2D eigenvalue weighted by molar-refractivity contribution is 0.252. The predicted molar refractivity (Wildman–Crippen MR) is 91.7 cm³/mol. The van der Waals surface area contributed by atoms with Crippen molar-refractivity contribution in [2.45, 2.75) is 6.42 Å². The minimum atomic E-state index is -0.534. The van der Waals surface area contributed by atoms with Gasteiger partial charge in [0.2, 0.25) is 0 Å². The molecule has 0 radical (unpaired) electrons. The van der Waals surface area contributed by atoms with Crippen molar-refractivity contribution < 1.29 is 18.7 Å². The van der Waals surface area contributed by atoms with Crippen LogP contribution in [-0.2, 0) is 6.42 Å². The SMILES string of the molecule is COc1cccc(CCNC(=O)Nc2ccc(F)c(Cl)c2)c1OC. The van der Waals surface area contributed by atoms with E-state index in [2.05, 4.69) is 10.6 Å². The first-order valence-electron chi connectivity index (χ1n) is 7.25. The predicted octanol–water partition coefficient (Wildman–Crippen LogP) is 3.86. The van der Waals surface area contributed by atoms with E-state index in [1.165, 1.54) is 18.2 Å². The zero-order valence-corrected chi connectivity index (χ0v) is 14.1. The van der Waals surface area contributed by atoms with Crippen LogP contribution in [0.25, 0.3) is 0 Å². The van der Waals surface area contributed by atoms with E-state index >= 15 is 0 Å². The second-order valence-electron chi connectivity index (χ2n) is 4.91. The molecule has 2 amide bonds. The van der Waals surface area contributed by atoms with Crippen molar-refractivity contribution >= 4 is 23.3 Å². The summed E-state index contributed by atoms with van der Waals surface area (Å²) in [4.78, 5) is 11.9. The number of nitrogens with one attached hydrogen (secondary N) is 2. The minimum Gasteiger partial charge on any atom is -0.493 e.